The Bertz CT molecular complexity index is 1100. The van der Waals surface area contributed by atoms with Crippen LogP contribution in [0.5, 0.6) is 5.75 Å². The van der Waals surface area contributed by atoms with Crippen LogP contribution in [-0.2, 0) is 0 Å². The van der Waals surface area contributed by atoms with Gasteiger partial charge in [0.05, 0.1) is 5.69 Å². The molecule has 3 aromatic rings. The smallest absolute Gasteiger partial charge is 0.197 e. The van der Waals surface area contributed by atoms with Crippen molar-refractivity contribution < 1.29 is 5.11 Å². The van der Waals surface area contributed by atoms with Crippen molar-refractivity contribution in [1.82, 2.24) is 36.1 Å². The predicted molar refractivity (Wildman–Crippen MR) is 123 cm³/mol. The first-order valence-electron chi connectivity index (χ1n) is 11.0. The summed E-state index contributed by atoms with van der Waals surface area (Å²) in [7, 11) is 0. The SMILES string of the molecule is CC12CCC(C)(CC(CNc3ccc(-c4ccc(/C=C/c5nn[nH]n5)cc4O)nn3)C1)N2. The van der Waals surface area contributed by atoms with E-state index in [4.69, 9.17) is 0 Å². The summed E-state index contributed by atoms with van der Waals surface area (Å²) in [4.78, 5) is 0. The fraction of sp³-hybridized carbons (Fsp3) is 0.435. The summed E-state index contributed by atoms with van der Waals surface area (Å²) < 4.78 is 0. The highest BCUT2D eigenvalue weighted by molar-refractivity contribution is 5.73. The molecule has 2 bridgehead atoms. The maximum atomic E-state index is 10.5. The lowest BCUT2D eigenvalue weighted by atomic mass is 9.80. The molecular formula is C23H28N8O. The number of anilines is 1. The van der Waals surface area contributed by atoms with Gasteiger partial charge in [-0.05, 0) is 86.6 Å². The molecule has 4 heterocycles. The molecule has 166 valence electrons. The zero-order valence-corrected chi connectivity index (χ0v) is 18.3. The zero-order chi connectivity index (χ0) is 22.2. The van der Waals surface area contributed by atoms with E-state index in [0.717, 1.165) is 17.9 Å². The average molecular weight is 433 g/mol. The molecule has 0 saturated carbocycles. The summed E-state index contributed by atoms with van der Waals surface area (Å²) in [5.41, 5.74) is 2.61. The number of aromatic hydroxyl groups is 1. The Hall–Kier alpha value is -3.33. The van der Waals surface area contributed by atoms with Crippen molar-refractivity contribution in [3.05, 3.63) is 41.7 Å². The number of hydrogen-bond acceptors (Lipinski definition) is 8. The van der Waals surface area contributed by atoms with Crippen LogP contribution in [0.25, 0.3) is 23.4 Å². The van der Waals surface area contributed by atoms with E-state index >= 15 is 0 Å². The number of aromatic amines is 1. The first-order chi connectivity index (χ1) is 15.4. The second kappa shape index (κ2) is 7.98. The minimum atomic E-state index is 0.141. The number of nitrogens with one attached hydrogen (secondary N) is 3. The van der Waals surface area contributed by atoms with Crippen LogP contribution in [0.2, 0.25) is 0 Å². The van der Waals surface area contributed by atoms with Crippen LogP contribution in [0.4, 0.5) is 5.82 Å². The molecule has 1 aromatic carbocycles. The lowest BCUT2D eigenvalue weighted by Crippen LogP contribution is -2.54. The topological polar surface area (TPSA) is 125 Å². The molecule has 0 radical (unpaired) electrons. The summed E-state index contributed by atoms with van der Waals surface area (Å²) in [5, 5.41) is 40.1. The highest BCUT2D eigenvalue weighted by Crippen LogP contribution is 2.44. The van der Waals surface area contributed by atoms with E-state index in [9.17, 15) is 5.11 Å². The number of aromatic nitrogens is 6. The molecule has 0 amide bonds. The number of tetrazole rings is 1. The molecule has 0 spiro atoms. The van der Waals surface area contributed by atoms with Gasteiger partial charge in [-0.15, -0.1) is 20.4 Å². The van der Waals surface area contributed by atoms with Gasteiger partial charge >= 0.3 is 0 Å². The van der Waals surface area contributed by atoms with Crippen LogP contribution in [0.15, 0.2) is 30.3 Å². The van der Waals surface area contributed by atoms with Crippen molar-refractivity contribution >= 4 is 18.0 Å². The van der Waals surface area contributed by atoms with E-state index in [2.05, 4.69) is 55.3 Å². The van der Waals surface area contributed by atoms with Crippen LogP contribution in [0, 0.1) is 5.92 Å². The maximum Gasteiger partial charge on any atom is 0.197 e. The third kappa shape index (κ3) is 4.34. The Morgan fingerprint density at radius 3 is 2.53 bits per heavy atom. The number of nitrogens with zero attached hydrogens (tertiary/aromatic N) is 5. The normalized spacial score (nSPS) is 27.1. The number of rotatable bonds is 6. The number of hydrogen-bond donors (Lipinski definition) is 4. The highest BCUT2D eigenvalue weighted by atomic mass is 16.3. The molecule has 2 fully saturated rings. The van der Waals surface area contributed by atoms with Gasteiger partial charge in [-0.1, -0.05) is 12.1 Å². The van der Waals surface area contributed by atoms with Crippen molar-refractivity contribution in [2.24, 2.45) is 5.92 Å². The molecule has 5 rings (SSSR count). The molecule has 9 nitrogen and oxygen atoms in total. The van der Waals surface area contributed by atoms with Gasteiger partial charge in [-0.3, -0.25) is 0 Å². The molecular weight excluding hydrogens is 404 g/mol. The second-order valence-electron chi connectivity index (χ2n) is 9.59. The zero-order valence-electron chi connectivity index (χ0n) is 18.3. The summed E-state index contributed by atoms with van der Waals surface area (Å²) in [6.07, 6.45) is 8.39. The van der Waals surface area contributed by atoms with Gasteiger partial charge in [0.15, 0.2) is 5.82 Å². The lowest BCUT2D eigenvalue weighted by Gasteiger charge is -2.42. The summed E-state index contributed by atoms with van der Waals surface area (Å²) in [6, 6.07) is 9.20. The molecule has 2 unspecified atom stereocenters. The van der Waals surface area contributed by atoms with Crippen molar-refractivity contribution in [2.75, 3.05) is 11.9 Å². The van der Waals surface area contributed by atoms with Gasteiger partial charge in [-0.25, -0.2) is 0 Å². The Morgan fingerprint density at radius 2 is 1.88 bits per heavy atom. The van der Waals surface area contributed by atoms with E-state index in [1.54, 1.807) is 18.2 Å². The van der Waals surface area contributed by atoms with Crippen molar-refractivity contribution in [3.8, 4) is 17.0 Å². The molecule has 0 aliphatic carbocycles. The van der Waals surface area contributed by atoms with Gasteiger partial charge in [0.25, 0.3) is 0 Å². The summed E-state index contributed by atoms with van der Waals surface area (Å²) >= 11 is 0. The Morgan fingerprint density at radius 1 is 1.06 bits per heavy atom. The van der Waals surface area contributed by atoms with E-state index in [-0.39, 0.29) is 16.8 Å². The molecule has 2 aliphatic rings. The van der Waals surface area contributed by atoms with Crippen LogP contribution in [-0.4, -0.2) is 53.6 Å². The number of H-pyrrole nitrogens is 1. The van der Waals surface area contributed by atoms with Gasteiger partial charge in [0.1, 0.15) is 11.6 Å². The third-order valence-electron chi connectivity index (χ3n) is 6.63. The van der Waals surface area contributed by atoms with Gasteiger partial charge in [0, 0.05) is 23.2 Å². The fourth-order valence-electron chi connectivity index (χ4n) is 5.30. The van der Waals surface area contributed by atoms with E-state index in [0.29, 0.717) is 23.0 Å². The molecule has 2 atom stereocenters. The van der Waals surface area contributed by atoms with Crippen molar-refractivity contribution in [1.29, 1.82) is 0 Å². The van der Waals surface area contributed by atoms with Crippen LogP contribution in [0.1, 0.15) is 50.9 Å². The van der Waals surface area contributed by atoms with Crippen molar-refractivity contribution in [3.63, 3.8) is 0 Å². The number of fused-ring (bicyclic) bond motifs is 2. The lowest BCUT2D eigenvalue weighted by molar-refractivity contribution is 0.178. The Kier molecular flexibility index (Phi) is 5.13. The van der Waals surface area contributed by atoms with E-state index in [1.165, 1.54) is 25.7 Å². The molecule has 2 aromatic heterocycles. The minimum absolute atomic E-state index is 0.141. The predicted octanol–water partition coefficient (Wildman–Crippen LogP) is 3.26. The largest absolute Gasteiger partial charge is 0.507 e. The Balaban J connectivity index is 1.22. The van der Waals surface area contributed by atoms with E-state index in [1.807, 2.05) is 24.3 Å². The first kappa shape index (κ1) is 20.6. The molecule has 32 heavy (non-hydrogen) atoms. The van der Waals surface area contributed by atoms with Crippen LogP contribution < -0.4 is 10.6 Å². The molecule has 9 heteroatoms. The Labute approximate surface area is 186 Å². The number of phenolic OH excluding ortho intramolecular Hbond substituents is 1. The summed E-state index contributed by atoms with van der Waals surface area (Å²) in [5.74, 6) is 1.99. The maximum absolute atomic E-state index is 10.5. The van der Waals surface area contributed by atoms with Crippen molar-refractivity contribution in [2.45, 2.75) is 50.6 Å². The fourth-order valence-corrected chi connectivity index (χ4v) is 5.30. The summed E-state index contributed by atoms with van der Waals surface area (Å²) in [6.45, 7) is 5.59. The van der Waals surface area contributed by atoms with Crippen LogP contribution in [0.3, 0.4) is 0 Å². The first-order valence-corrected chi connectivity index (χ1v) is 11.0. The molecule has 2 aliphatic heterocycles. The monoisotopic (exact) mass is 432 g/mol. The number of benzene rings is 1. The molecule has 4 N–H and O–H groups in total. The third-order valence-corrected chi connectivity index (χ3v) is 6.63. The highest BCUT2D eigenvalue weighted by Gasteiger charge is 2.48. The van der Waals surface area contributed by atoms with Gasteiger partial charge in [0.2, 0.25) is 0 Å². The van der Waals surface area contributed by atoms with E-state index < -0.39 is 0 Å². The second-order valence-corrected chi connectivity index (χ2v) is 9.59. The minimum Gasteiger partial charge on any atom is -0.507 e. The van der Waals surface area contributed by atoms with Gasteiger partial charge < -0.3 is 15.7 Å². The average Bonchev–Trinajstić information content (AvgIpc) is 3.36. The standard InChI is InChI=1S/C23H28N8O/c1-22-9-10-23(2,29-22)13-16(12-22)14-24-20-8-6-18(25-26-20)17-5-3-15(11-19(17)32)4-7-21-27-30-31-28-21/h3-8,11,16,29,32H,9-10,12-14H2,1-2H3,(H,24,26)(H,27,28,30,31)/b7-4+. The quantitative estimate of drug-likeness (QED) is 0.468. The van der Waals surface area contributed by atoms with Gasteiger partial charge in [-0.2, -0.15) is 5.21 Å². The number of piperidine rings is 1. The molecule has 2 saturated heterocycles. The van der Waals surface area contributed by atoms with Crippen LogP contribution >= 0.6 is 0 Å². The number of phenols is 1.